The van der Waals surface area contributed by atoms with Crippen molar-refractivity contribution in [3.05, 3.63) is 35.4 Å². The molecule has 4 rings (SSSR count). The molecule has 1 aromatic carbocycles. The Morgan fingerprint density at radius 2 is 1.59 bits per heavy atom. The minimum atomic E-state index is 0.218. The second-order valence-corrected chi connectivity index (χ2v) is 8.96. The number of hydrogen-bond acceptors (Lipinski definition) is 3. The molecule has 148 valence electrons. The maximum absolute atomic E-state index is 12.3. The van der Waals surface area contributed by atoms with Gasteiger partial charge in [-0.25, -0.2) is 0 Å². The number of piperidine rings is 1. The van der Waals surface area contributed by atoms with E-state index in [1.54, 1.807) is 0 Å². The number of carbonyl (C=O) groups is 1. The van der Waals surface area contributed by atoms with Crippen LogP contribution in [0.4, 0.5) is 0 Å². The first-order chi connectivity index (χ1) is 13.2. The number of nitrogens with zero attached hydrogens (tertiary/aromatic N) is 1. The Morgan fingerprint density at radius 3 is 2.26 bits per heavy atom. The molecule has 3 aliphatic rings. The van der Waals surface area contributed by atoms with Crippen molar-refractivity contribution in [1.82, 2.24) is 15.5 Å². The molecular weight excluding hydrogens is 334 g/mol. The predicted molar refractivity (Wildman–Crippen MR) is 109 cm³/mol. The molecule has 1 aromatic rings. The highest BCUT2D eigenvalue weighted by molar-refractivity contribution is 5.76. The maximum atomic E-state index is 12.3. The van der Waals surface area contributed by atoms with Crippen LogP contribution in [0.5, 0.6) is 0 Å². The highest BCUT2D eigenvalue weighted by Crippen LogP contribution is 2.32. The molecule has 0 saturated carbocycles. The Morgan fingerprint density at radius 1 is 0.963 bits per heavy atom. The van der Waals surface area contributed by atoms with Gasteiger partial charge in [0.05, 0.1) is 0 Å². The lowest BCUT2D eigenvalue weighted by Gasteiger charge is -2.28. The second kappa shape index (κ2) is 9.20. The summed E-state index contributed by atoms with van der Waals surface area (Å²) >= 11 is 0. The summed E-state index contributed by atoms with van der Waals surface area (Å²) in [5.41, 5.74) is 2.59. The van der Waals surface area contributed by atoms with E-state index in [4.69, 9.17) is 0 Å². The van der Waals surface area contributed by atoms with Crippen LogP contribution in [0.25, 0.3) is 0 Å². The molecule has 4 nitrogen and oxygen atoms in total. The van der Waals surface area contributed by atoms with Crippen LogP contribution in [0.3, 0.4) is 0 Å². The first kappa shape index (κ1) is 18.9. The molecule has 2 unspecified atom stereocenters. The van der Waals surface area contributed by atoms with Gasteiger partial charge < -0.3 is 10.6 Å². The number of nitrogens with one attached hydrogen (secondary N) is 2. The van der Waals surface area contributed by atoms with E-state index < -0.39 is 0 Å². The SMILES string of the molecule is O=C(CC1CC2CCC(C1)N2)NCc1ccc(CN2CCCCCC2)cc1. The van der Waals surface area contributed by atoms with E-state index >= 15 is 0 Å². The molecule has 2 atom stereocenters. The van der Waals surface area contributed by atoms with Crippen molar-refractivity contribution in [2.75, 3.05) is 13.1 Å². The summed E-state index contributed by atoms with van der Waals surface area (Å²) in [4.78, 5) is 14.9. The zero-order chi connectivity index (χ0) is 18.5. The van der Waals surface area contributed by atoms with Gasteiger partial charge in [0, 0.05) is 31.6 Å². The molecule has 2 bridgehead atoms. The van der Waals surface area contributed by atoms with Crippen LogP contribution in [0, 0.1) is 5.92 Å². The summed E-state index contributed by atoms with van der Waals surface area (Å²) in [5, 5.41) is 6.79. The highest BCUT2D eigenvalue weighted by Gasteiger charge is 2.34. The Hall–Kier alpha value is -1.39. The van der Waals surface area contributed by atoms with Crippen molar-refractivity contribution in [2.24, 2.45) is 5.92 Å². The van der Waals surface area contributed by atoms with Gasteiger partial charge in [-0.3, -0.25) is 9.69 Å². The van der Waals surface area contributed by atoms with E-state index in [1.807, 2.05) is 0 Å². The number of likely N-dealkylation sites (tertiary alicyclic amines) is 1. The van der Waals surface area contributed by atoms with E-state index in [2.05, 4.69) is 39.8 Å². The first-order valence-electron chi connectivity index (χ1n) is 11.1. The molecule has 3 fully saturated rings. The molecule has 4 heteroatoms. The quantitative estimate of drug-likeness (QED) is 0.805. The van der Waals surface area contributed by atoms with Crippen LogP contribution >= 0.6 is 0 Å². The molecular formula is C23H35N3O. The van der Waals surface area contributed by atoms with Crippen molar-refractivity contribution in [1.29, 1.82) is 0 Å². The lowest BCUT2D eigenvalue weighted by atomic mass is 9.89. The van der Waals surface area contributed by atoms with Gasteiger partial charge in [0.2, 0.25) is 5.91 Å². The highest BCUT2D eigenvalue weighted by atomic mass is 16.1. The fraction of sp³-hybridized carbons (Fsp3) is 0.696. The molecule has 3 aliphatic heterocycles. The Bertz CT molecular complexity index is 595. The zero-order valence-corrected chi connectivity index (χ0v) is 16.6. The Kier molecular flexibility index (Phi) is 6.46. The summed E-state index contributed by atoms with van der Waals surface area (Å²) in [6.07, 6.45) is 11.1. The van der Waals surface area contributed by atoms with Gasteiger partial charge in [-0.15, -0.1) is 0 Å². The third kappa shape index (κ3) is 5.55. The van der Waals surface area contributed by atoms with Gasteiger partial charge in [0.25, 0.3) is 0 Å². The van der Waals surface area contributed by atoms with Crippen LogP contribution in [0.15, 0.2) is 24.3 Å². The van der Waals surface area contributed by atoms with E-state index in [1.165, 1.54) is 75.6 Å². The average Bonchev–Trinajstić information content (AvgIpc) is 2.85. The minimum absolute atomic E-state index is 0.218. The topological polar surface area (TPSA) is 44.4 Å². The van der Waals surface area contributed by atoms with Crippen LogP contribution in [-0.2, 0) is 17.9 Å². The lowest BCUT2D eigenvalue weighted by molar-refractivity contribution is -0.122. The van der Waals surface area contributed by atoms with E-state index in [0.29, 0.717) is 31.0 Å². The molecule has 27 heavy (non-hydrogen) atoms. The van der Waals surface area contributed by atoms with Crippen molar-refractivity contribution < 1.29 is 4.79 Å². The van der Waals surface area contributed by atoms with E-state index in [9.17, 15) is 4.79 Å². The van der Waals surface area contributed by atoms with Crippen molar-refractivity contribution in [3.63, 3.8) is 0 Å². The number of rotatable bonds is 6. The van der Waals surface area contributed by atoms with Gasteiger partial charge in [-0.1, -0.05) is 37.1 Å². The normalized spacial score (nSPS) is 28.7. The van der Waals surface area contributed by atoms with Gasteiger partial charge in [-0.2, -0.15) is 0 Å². The zero-order valence-electron chi connectivity index (χ0n) is 16.6. The largest absolute Gasteiger partial charge is 0.352 e. The van der Waals surface area contributed by atoms with Crippen LogP contribution in [-0.4, -0.2) is 36.0 Å². The fourth-order valence-electron chi connectivity index (χ4n) is 5.19. The number of hydrogen-bond donors (Lipinski definition) is 2. The molecule has 0 radical (unpaired) electrons. The monoisotopic (exact) mass is 369 g/mol. The summed E-state index contributed by atoms with van der Waals surface area (Å²) < 4.78 is 0. The van der Waals surface area contributed by atoms with E-state index in [-0.39, 0.29) is 5.91 Å². The molecule has 0 aliphatic carbocycles. The molecule has 1 amide bonds. The molecule has 2 N–H and O–H groups in total. The van der Waals surface area contributed by atoms with Crippen LogP contribution < -0.4 is 10.6 Å². The predicted octanol–water partition coefficient (Wildman–Crippen LogP) is 3.60. The van der Waals surface area contributed by atoms with Crippen molar-refractivity contribution in [3.8, 4) is 0 Å². The van der Waals surface area contributed by atoms with E-state index in [0.717, 1.165) is 6.54 Å². The van der Waals surface area contributed by atoms with Gasteiger partial charge in [-0.05, 0) is 68.7 Å². The lowest BCUT2D eigenvalue weighted by Crippen LogP contribution is -2.39. The standard InChI is InChI=1S/C23H35N3O/c27-23(15-20-13-21-9-10-22(14-20)25-21)24-16-18-5-7-19(8-6-18)17-26-11-3-1-2-4-12-26/h5-8,20-22,25H,1-4,9-17H2,(H,24,27). The van der Waals surface area contributed by atoms with Crippen molar-refractivity contribution >= 4 is 5.91 Å². The molecule has 3 heterocycles. The summed E-state index contributed by atoms with van der Waals surface area (Å²) in [6.45, 7) is 4.18. The number of amides is 1. The number of carbonyl (C=O) groups excluding carboxylic acids is 1. The summed E-state index contributed by atoms with van der Waals surface area (Å²) in [5.74, 6) is 0.787. The summed E-state index contributed by atoms with van der Waals surface area (Å²) in [7, 11) is 0. The average molecular weight is 370 g/mol. The van der Waals surface area contributed by atoms with Gasteiger partial charge in [0.15, 0.2) is 0 Å². The van der Waals surface area contributed by atoms with Crippen LogP contribution in [0.1, 0.15) is 68.9 Å². The van der Waals surface area contributed by atoms with Crippen LogP contribution in [0.2, 0.25) is 0 Å². The molecule has 3 saturated heterocycles. The van der Waals surface area contributed by atoms with Gasteiger partial charge >= 0.3 is 0 Å². The number of fused-ring (bicyclic) bond motifs is 2. The van der Waals surface area contributed by atoms with Gasteiger partial charge in [0.1, 0.15) is 0 Å². The first-order valence-corrected chi connectivity index (χ1v) is 11.1. The number of benzene rings is 1. The Balaban J connectivity index is 1.19. The Labute approximate surface area is 164 Å². The fourth-order valence-corrected chi connectivity index (χ4v) is 5.19. The third-order valence-corrected chi connectivity index (χ3v) is 6.66. The maximum Gasteiger partial charge on any atom is 0.220 e. The molecule has 0 spiro atoms. The minimum Gasteiger partial charge on any atom is -0.352 e. The van der Waals surface area contributed by atoms with Crippen molar-refractivity contribution in [2.45, 2.75) is 83.0 Å². The second-order valence-electron chi connectivity index (χ2n) is 8.96. The summed E-state index contributed by atoms with van der Waals surface area (Å²) in [6, 6.07) is 10.2. The molecule has 0 aromatic heterocycles. The third-order valence-electron chi connectivity index (χ3n) is 6.66. The smallest absolute Gasteiger partial charge is 0.220 e.